The molecule has 100 valence electrons. The Hall–Kier alpha value is -1.75. The number of nitrogens with one attached hydrogen (secondary N) is 1. The molecule has 0 bridgehead atoms. The highest BCUT2D eigenvalue weighted by molar-refractivity contribution is 5.85. The van der Waals surface area contributed by atoms with E-state index in [0.29, 0.717) is 12.0 Å². The third kappa shape index (κ3) is 2.38. The van der Waals surface area contributed by atoms with Crippen molar-refractivity contribution in [3.63, 3.8) is 0 Å². The molecule has 5 heteroatoms. The van der Waals surface area contributed by atoms with Crippen LogP contribution in [0, 0.1) is 5.92 Å². The molecule has 1 aliphatic heterocycles. The minimum absolute atomic E-state index is 0.531. The molecule has 0 saturated carbocycles. The van der Waals surface area contributed by atoms with Crippen molar-refractivity contribution in [1.82, 2.24) is 20.3 Å². The van der Waals surface area contributed by atoms with Crippen LogP contribution in [0.2, 0.25) is 0 Å². The predicted molar refractivity (Wildman–Crippen MR) is 76.2 cm³/mol. The first kappa shape index (κ1) is 12.3. The lowest BCUT2D eigenvalue weighted by Crippen LogP contribution is -2.47. The fourth-order valence-electron chi connectivity index (χ4n) is 2.88. The third-order valence-electron chi connectivity index (χ3n) is 3.76. The summed E-state index contributed by atoms with van der Waals surface area (Å²) in [4.78, 5) is 15.4. The molecule has 2 aromatic heterocycles. The molecule has 3 rings (SSSR count). The van der Waals surface area contributed by atoms with Gasteiger partial charge in [0.15, 0.2) is 5.65 Å². The molecule has 1 fully saturated rings. The fourth-order valence-corrected chi connectivity index (χ4v) is 2.88. The van der Waals surface area contributed by atoms with Crippen LogP contribution in [0.4, 0.5) is 5.69 Å². The van der Waals surface area contributed by atoms with E-state index >= 15 is 0 Å². The molecule has 1 aliphatic rings. The van der Waals surface area contributed by atoms with Crippen molar-refractivity contribution < 1.29 is 0 Å². The maximum atomic E-state index is 4.45. The van der Waals surface area contributed by atoms with Gasteiger partial charge in [-0.15, -0.1) is 0 Å². The van der Waals surface area contributed by atoms with E-state index in [0.717, 1.165) is 29.9 Å². The lowest BCUT2D eigenvalue weighted by Gasteiger charge is -2.38. The summed E-state index contributed by atoms with van der Waals surface area (Å²) in [6.07, 6.45) is 6.46. The van der Waals surface area contributed by atoms with Crippen LogP contribution >= 0.6 is 0 Å². The first-order valence-corrected chi connectivity index (χ1v) is 6.76. The first-order chi connectivity index (χ1) is 9.28. The molecule has 0 amide bonds. The van der Waals surface area contributed by atoms with Crippen LogP contribution in [0.1, 0.15) is 13.3 Å². The van der Waals surface area contributed by atoms with Gasteiger partial charge in [0.05, 0.1) is 5.69 Å². The van der Waals surface area contributed by atoms with Gasteiger partial charge < -0.3 is 10.2 Å². The number of piperidine rings is 1. The Morgan fingerprint density at radius 2 is 1.95 bits per heavy atom. The molecule has 2 aromatic rings. The highest BCUT2D eigenvalue weighted by Gasteiger charge is 2.25. The highest BCUT2D eigenvalue weighted by atomic mass is 15.2. The van der Waals surface area contributed by atoms with E-state index in [4.69, 9.17) is 0 Å². The Kier molecular flexibility index (Phi) is 3.29. The molecule has 3 heterocycles. The van der Waals surface area contributed by atoms with Gasteiger partial charge in [-0.2, -0.15) is 0 Å². The fraction of sp³-hybridized carbons (Fsp3) is 0.500. The second kappa shape index (κ2) is 5.09. The van der Waals surface area contributed by atoms with E-state index in [1.54, 1.807) is 12.4 Å². The van der Waals surface area contributed by atoms with Gasteiger partial charge >= 0.3 is 0 Å². The molecule has 19 heavy (non-hydrogen) atoms. The second-order valence-electron chi connectivity index (χ2n) is 5.29. The molecular formula is C14H19N5. The molecule has 1 N–H and O–H groups in total. The van der Waals surface area contributed by atoms with Gasteiger partial charge in [-0.3, -0.25) is 0 Å². The minimum Gasteiger partial charge on any atom is -0.368 e. The Morgan fingerprint density at radius 1 is 1.16 bits per heavy atom. The largest absolute Gasteiger partial charge is 0.368 e. The second-order valence-corrected chi connectivity index (χ2v) is 5.29. The van der Waals surface area contributed by atoms with Crippen LogP contribution in [0.3, 0.4) is 0 Å². The topological polar surface area (TPSA) is 53.9 Å². The lowest BCUT2D eigenvalue weighted by atomic mass is 9.95. The number of hydrogen-bond donors (Lipinski definition) is 1. The van der Waals surface area contributed by atoms with E-state index < -0.39 is 0 Å². The SMILES string of the molecule is CN[C@@H]1C[C@H](C)CN(c2ccnc3nccnc23)C1. The van der Waals surface area contributed by atoms with Gasteiger partial charge in [-0.25, -0.2) is 15.0 Å². The first-order valence-electron chi connectivity index (χ1n) is 6.76. The zero-order chi connectivity index (χ0) is 13.2. The summed E-state index contributed by atoms with van der Waals surface area (Å²) < 4.78 is 0. The monoisotopic (exact) mass is 257 g/mol. The summed E-state index contributed by atoms with van der Waals surface area (Å²) >= 11 is 0. The Bertz CT molecular complexity index is 565. The van der Waals surface area contributed by atoms with Gasteiger partial charge in [0, 0.05) is 37.7 Å². The minimum atomic E-state index is 0.531. The molecule has 2 atom stereocenters. The number of aromatic nitrogens is 3. The number of pyridine rings is 1. The molecular weight excluding hydrogens is 238 g/mol. The molecule has 0 radical (unpaired) electrons. The van der Waals surface area contributed by atoms with Gasteiger partial charge in [-0.1, -0.05) is 6.92 Å². The zero-order valence-electron chi connectivity index (χ0n) is 11.4. The van der Waals surface area contributed by atoms with E-state index in [1.807, 2.05) is 19.3 Å². The molecule has 0 unspecified atom stereocenters. The molecule has 0 aromatic carbocycles. The van der Waals surface area contributed by atoms with Crippen molar-refractivity contribution in [2.45, 2.75) is 19.4 Å². The van der Waals surface area contributed by atoms with Gasteiger partial charge in [0.1, 0.15) is 5.52 Å². The average molecular weight is 257 g/mol. The van der Waals surface area contributed by atoms with Gasteiger partial charge in [-0.05, 0) is 25.5 Å². The summed E-state index contributed by atoms with van der Waals surface area (Å²) in [5, 5.41) is 3.39. The van der Waals surface area contributed by atoms with Crippen molar-refractivity contribution >= 4 is 16.9 Å². The molecule has 5 nitrogen and oxygen atoms in total. The van der Waals surface area contributed by atoms with Crippen LogP contribution in [-0.4, -0.2) is 41.1 Å². The molecule has 0 aliphatic carbocycles. The van der Waals surface area contributed by atoms with Crippen LogP contribution in [-0.2, 0) is 0 Å². The zero-order valence-corrected chi connectivity index (χ0v) is 11.4. The summed E-state index contributed by atoms with van der Waals surface area (Å²) in [7, 11) is 2.03. The van der Waals surface area contributed by atoms with Crippen molar-refractivity contribution in [2.24, 2.45) is 5.92 Å². The summed E-state index contributed by atoms with van der Waals surface area (Å²) in [5.41, 5.74) is 2.76. The molecule has 1 saturated heterocycles. The maximum absolute atomic E-state index is 4.45. The van der Waals surface area contributed by atoms with Crippen molar-refractivity contribution in [2.75, 3.05) is 25.0 Å². The molecule has 0 spiro atoms. The Balaban J connectivity index is 1.99. The van der Waals surface area contributed by atoms with Crippen molar-refractivity contribution in [1.29, 1.82) is 0 Å². The number of likely N-dealkylation sites (N-methyl/N-ethyl adjacent to an activating group) is 1. The van der Waals surface area contributed by atoms with Crippen LogP contribution in [0.15, 0.2) is 24.7 Å². The normalized spacial score (nSPS) is 23.8. The Labute approximate surface area is 113 Å². The predicted octanol–water partition coefficient (Wildman–Crippen LogP) is 1.46. The number of hydrogen-bond acceptors (Lipinski definition) is 5. The summed E-state index contributed by atoms with van der Waals surface area (Å²) in [5.74, 6) is 0.672. The van der Waals surface area contributed by atoms with E-state index in [1.165, 1.54) is 6.42 Å². The van der Waals surface area contributed by atoms with Gasteiger partial charge in [0.25, 0.3) is 0 Å². The Morgan fingerprint density at radius 3 is 2.79 bits per heavy atom. The van der Waals surface area contributed by atoms with Gasteiger partial charge in [0.2, 0.25) is 0 Å². The van der Waals surface area contributed by atoms with Crippen LogP contribution < -0.4 is 10.2 Å². The number of anilines is 1. The average Bonchev–Trinajstić information content (AvgIpc) is 2.46. The summed E-state index contributed by atoms with van der Waals surface area (Å²) in [6.45, 7) is 4.37. The van der Waals surface area contributed by atoms with Crippen molar-refractivity contribution in [3.05, 3.63) is 24.7 Å². The third-order valence-corrected chi connectivity index (χ3v) is 3.76. The number of rotatable bonds is 2. The maximum Gasteiger partial charge on any atom is 0.180 e. The quantitative estimate of drug-likeness (QED) is 0.882. The van der Waals surface area contributed by atoms with Crippen LogP contribution in [0.25, 0.3) is 11.2 Å². The highest BCUT2D eigenvalue weighted by Crippen LogP contribution is 2.27. The van der Waals surface area contributed by atoms with Crippen LogP contribution in [0.5, 0.6) is 0 Å². The summed E-state index contributed by atoms with van der Waals surface area (Å²) in [6, 6.07) is 2.57. The number of nitrogens with zero attached hydrogens (tertiary/aromatic N) is 4. The lowest BCUT2D eigenvalue weighted by molar-refractivity contribution is 0.367. The van der Waals surface area contributed by atoms with Crippen molar-refractivity contribution in [3.8, 4) is 0 Å². The van der Waals surface area contributed by atoms with E-state index in [2.05, 4.69) is 32.1 Å². The standard InChI is InChI=1S/C14H19N5/c1-10-7-11(15-2)9-19(8-10)12-3-4-17-14-13(12)16-5-6-18-14/h3-6,10-11,15H,7-9H2,1-2H3/t10-,11+/m0/s1. The number of fused-ring (bicyclic) bond motifs is 1. The van der Waals surface area contributed by atoms with E-state index in [9.17, 15) is 0 Å². The van der Waals surface area contributed by atoms with E-state index in [-0.39, 0.29) is 0 Å². The smallest absolute Gasteiger partial charge is 0.180 e.